The molecule has 0 radical (unpaired) electrons. The van der Waals surface area contributed by atoms with Gasteiger partial charge < -0.3 is 4.98 Å². The molecule has 2 rings (SSSR count). The van der Waals surface area contributed by atoms with Gasteiger partial charge in [0, 0.05) is 11.9 Å². The summed E-state index contributed by atoms with van der Waals surface area (Å²) in [5.74, 6) is 1.14. The molecule has 2 aromatic heterocycles. The van der Waals surface area contributed by atoms with Crippen LogP contribution in [0.2, 0.25) is 0 Å². The van der Waals surface area contributed by atoms with Crippen LogP contribution in [0.1, 0.15) is 36.6 Å². The molecule has 3 nitrogen and oxygen atoms in total. The van der Waals surface area contributed by atoms with Gasteiger partial charge in [-0.15, -0.1) is 0 Å². The average molecular weight is 259 g/mol. The summed E-state index contributed by atoms with van der Waals surface area (Å²) in [6.45, 7) is 8.32. The van der Waals surface area contributed by atoms with E-state index in [4.69, 9.17) is 12.2 Å². The molecule has 0 aromatic carbocycles. The predicted molar refractivity (Wildman–Crippen MR) is 76.2 cm³/mol. The van der Waals surface area contributed by atoms with Crippen LogP contribution >= 0.6 is 12.2 Å². The summed E-state index contributed by atoms with van der Waals surface area (Å²) in [6, 6.07) is 4.01. The molecule has 0 aliphatic rings. The van der Waals surface area contributed by atoms with Crippen LogP contribution in [-0.2, 0) is 0 Å². The van der Waals surface area contributed by atoms with Gasteiger partial charge in [0.05, 0.1) is 0 Å². The highest BCUT2D eigenvalue weighted by molar-refractivity contribution is 7.71. The van der Waals surface area contributed by atoms with E-state index in [1.807, 2.05) is 26.1 Å². The summed E-state index contributed by atoms with van der Waals surface area (Å²) in [6.07, 6.45) is 1.85. The number of aryl methyl sites for hydroxylation is 2. The lowest BCUT2D eigenvalue weighted by Gasteiger charge is -2.10. The first kappa shape index (κ1) is 12.9. The smallest absolute Gasteiger partial charge is 0.158 e. The Hall–Kier alpha value is -1.55. The number of H-pyrrole nitrogens is 1. The Morgan fingerprint density at radius 1 is 1.22 bits per heavy atom. The fraction of sp³-hybridized carbons (Fsp3) is 0.357. The number of aromatic nitrogens is 3. The molecular weight excluding hydrogens is 242 g/mol. The second-order valence-corrected chi connectivity index (χ2v) is 5.27. The van der Waals surface area contributed by atoms with E-state index in [9.17, 15) is 0 Å². The van der Waals surface area contributed by atoms with Crippen molar-refractivity contribution in [3.05, 3.63) is 39.8 Å². The standard InChI is InChI=1S/C14H17N3S/c1-8(2)11-6-12(18)17-14(16-11)13-10(4)5-9(3)7-15-13/h5-8H,1-4H3,(H,16,17,18). The average Bonchev–Trinajstić information content (AvgIpc) is 2.27. The molecule has 94 valence electrons. The minimum Gasteiger partial charge on any atom is -0.342 e. The molecule has 2 heterocycles. The molecule has 0 bridgehead atoms. The minimum atomic E-state index is 0.388. The van der Waals surface area contributed by atoms with Crippen molar-refractivity contribution in [1.82, 2.24) is 15.0 Å². The third kappa shape index (κ3) is 2.64. The third-order valence-corrected chi connectivity index (χ3v) is 3.03. The van der Waals surface area contributed by atoms with Crippen molar-refractivity contribution >= 4 is 12.2 Å². The van der Waals surface area contributed by atoms with Crippen LogP contribution in [0.4, 0.5) is 0 Å². The van der Waals surface area contributed by atoms with Gasteiger partial charge in [-0.3, -0.25) is 4.98 Å². The van der Waals surface area contributed by atoms with Crippen molar-refractivity contribution in [2.75, 3.05) is 0 Å². The van der Waals surface area contributed by atoms with Crippen LogP contribution < -0.4 is 0 Å². The van der Waals surface area contributed by atoms with Crippen molar-refractivity contribution in [3.8, 4) is 11.5 Å². The largest absolute Gasteiger partial charge is 0.342 e. The highest BCUT2D eigenvalue weighted by Crippen LogP contribution is 2.20. The lowest BCUT2D eigenvalue weighted by molar-refractivity contribution is 0.813. The molecule has 2 aromatic rings. The molecule has 0 saturated heterocycles. The molecule has 1 N–H and O–H groups in total. The maximum absolute atomic E-state index is 5.22. The van der Waals surface area contributed by atoms with E-state index in [-0.39, 0.29) is 0 Å². The van der Waals surface area contributed by atoms with Crippen molar-refractivity contribution in [3.63, 3.8) is 0 Å². The number of rotatable bonds is 2. The molecule has 0 fully saturated rings. The molecule has 0 spiro atoms. The van der Waals surface area contributed by atoms with E-state index in [0.717, 1.165) is 28.3 Å². The second kappa shape index (κ2) is 4.98. The number of hydrogen-bond acceptors (Lipinski definition) is 3. The summed E-state index contributed by atoms with van der Waals surface area (Å²) in [5, 5.41) is 0. The van der Waals surface area contributed by atoms with Crippen molar-refractivity contribution < 1.29 is 0 Å². The zero-order valence-corrected chi connectivity index (χ0v) is 11.9. The van der Waals surface area contributed by atoms with E-state index >= 15 is 0 Å². The normalized spacial score (nSPS) is 10.9. The Bertz CT molecular complexity index is 629. The summed E-state index contributed by atoms with van der Waals surface area (Å²) in [5.41, 5.74) is 4.21. The summed E-state index contributed by atoms with van der Waals surface area (Å²) in [4.78, 5) is 12.1. The Morgan fingerprint density at radius 2 is 1.94 bits per heavy atom. The number of hydrogen-bond donors (Lipinski definition) is 1. The van der Waals surface area contributed by atoms with Crippen LogP contribution in [0.25, 0.3) is 11.5 Å². The van der Waals surface area contributed by atoms with Crippen molar-refractivity contribution in [2.24, 2.45) is 0 Å². The number of nitrogens with one attached hydrogen (secondary N) is 1. The summed E-state index contributed by atoms with van der Waals surface area (Å²) in [7, 11) is 0. The lowest BCUT2D eigenvalue weighted by atomic mass is 10.1. The Morgan fingerprint density at radius 3 is 2.56 bits per heavy atom. The van der Waals surface area contributed by atoms with Gasteiger partial charge >= 0.3 is 0 Å². The highest BCUT2D eigenvalue weighted by Gasteiger charge is 2.09. The second-order valence-electron chi connectivity index (χ2n) is 4.86. The molecule has 0 aliphatic heterocycles. The molecular formula is C14H17N3S. The maximum atomic E-state index is 5.22. The molecule has 0 aliphatic carbocycles. The summed E-state index contributed by atoms with van der Waals surface area (Å²) >= 11 is 5.22. The monoisotopic (exact) mass is 259 g/mol. The molecule has 0 amide bonds. The first-order valence-electron chi connectivity index (χ1n) is 6.02. The Kier molecular flexibility index (Phi) is 3.57. The first-order chi connectivity index (χ1) is 8.47. The Balaban J connectivity index is 2.60. The third-order valence-electron chi connectivity index (χ3n) is 2.83. The fourth-order valence-electron chi connectivity index (χ4n) is 1.86. The van der Waals surface area contributed by atoms with Gasteiger partial charge in [0.25, 0.3) is 0 Å². The molecule has 4 heteroatoms. The van der Waals surface area contributed by atoms with Gasteiger partial charge in [0.1, 0.15) is 10.3 Å². The highest BCUT2D eigenvalue weighted by atomic mass is 32.1. The van der Waals surface area contributed by atoms with E-state index < -0.39 is 0 Å². The zero-order chi connectivity index (χ0) is 13.3. The zero-order valence-electron chi connectivity index (χ0n) is 11.1. The van der Waals surface area contributed by atoms with Crippen LogP contribution in [0.5, 0.6) is 0 Å². The molecule has 0 atom stereocenters. The van der Waals surface area contributed by atoms with Gasteiger partial charge in [-0.25, -0.2) is 4.98 Å². The van der Waals surface area contributed by atoms with E-state index in [2.05, 4.69) is 34.9 Å². The van der Waals surface area contributed by atoms with E-state index in [1.54, 1.807) is 0 Å². The quantitative estimate of drug-likeness (QED) is 0.830. The molecule has 18 heavy (non-hydrogen) atoms. The predicted octanol–water partition coefficient (Wildman–Crippen LogP) is 3.94. The maximum Gasteiger partial charge on any atom is 0.158 e. The van der Waals surface area contributed by atoms with E-state index in [1.165, 1.54) is 0 Å². The number of pyridine rings is 1. The van der Waals surface area contributed by atoms with Crippen LogP contribution in [-0.4, -0.2) is 15.0 Å². The first-order valence-corrected chi connectivity index (χ1v) is 6.43. The fourth-order valence-corrected chi connectivity index (χ4v) is 2.08. The molecule has 0 unspecified atom stereocenters. The van der Waals surface area contributed by atoms with Gasteiger partial charge in [-0.2, -0.15) is 0 Å². The van der Waals surface area contributed by atoms with Gasteiger partial charge in [-0.1, -0.05) is 32.1 Å². The van der Waals surface area contributed by atoms with Gasteiger partial charge in [0.15, 0.2) is 5.82 Å². The molecule has 0 saturated carbocycles. The SMILES string of the molecule is Cc1cnc(-c2nc(=S)cc(C(C)C)[nH]2)c(C)c1. The Labute approximate surface area is 112 Å². The van der Waals surface area contributed by atoms with Crippen LogP contribution in [0, 0.1) is 18.5 Å². The van der Waals surface area contributed by atoms with Gasteiger partial charge in [0.2, 0.25) is 0 Å². The number of aromatic amines is 1. The van der Waals surface area contributed by atoms with Gasteiger partial charge in [-0.05, 0) is 37.0 Å². The summed E-state index contributed by atoms with van der Waals surface area (Å²) < 4.78 is 0.606. The minimum absolute atomic E-state index is 0.388. The van der Waals surface area contributed by atoms with Crippen molar-refractivity contribution in [2.45, 2.75) is 33.6 Å². The topological polar surface area (TPSA) is 41.6 Å². The van der Waals surface area contributed by atoms with Crippen LogP contribution in [0.15, 0.2) is 18.3 Å². The lowest BCUT2D eigenvalue weighted by Crippen LogP contribution is -2.00. The number of nitrogens with zero attached hydrogens (tertiary/aromatic N) is 2. The van der Waals surface area contributed by atoms with Crippen molar-refractivity contribution in [1.29, 1.82) is 0 Å². The van der Waals surface area contributed by atoms with E-state index in [0.29, 0.717) is 10.6 Å². The van der Waals surface area contributed by atoms with Crippen LogP contribution in [0.3, 0.4) is 0 Å².